The summed E-state index contributed by atoms with van der Waals surface area (Å²) in [6.45, 7) is 3.02. The molecular formula is C25H26N3O4+. The minimum Gasteiger partial charge on any atom is -0.507 e. The summed E-state index contributed by atoms with van der Waals surface area (Å²) in [5.41, 5.74) is 2.40. The summed E-state index contributed by atoms with van der Waals surface area (Å²) in [6, 6.07) is 13.8. The predicted octanol–water partition coefficient (Wildman–Crippen LogP) is 3.13. The number of imidazole rings is 1. The van der Waals surface area contributed by atoms with Crippen molar-refractivity contribution in [3.8, 4) is 5.75 Å². The van der Waals surface area contributed by atoms with Gasteiger partial charge >= 0.3 is 0 Å². The molecule has 1 aliphatic rings. The van der Waals surface area contributed by atoms with Gasteiger partial charge in [0.25, 0.3) is 11.7 Å². The quantitative estimate of drug-likeness (QED) is 0.260. The number of nitrogens with one attached hydrogen (secondary N) is 1. The smallest absolute Gasteiger partial charge is 0.295 e. The Morgan fingerprint density at radius 1 is 1.12 bits per heavy atom. The molecule has 1 atom stereocenters. The van der Waals surface area contributed by atoms with E-state index in [1.165, 1.54) is 0 Å². The van der Waals surface area contributed by atoms with Crippen LogP contribution in [0.25, 0.3) is 5.76 Å². The van der Waals surface area contributed by atoms with Gasteiger partial charge in [0.1, 0.15) is 23.9 Å². The van der Waals surface area contributed by atoms with Gasteiger partial charge in [-0.25, -0.2) is 4.57 Å². The van der Waals surface area contributed by atoms with Crippen molar-refractivity contribution in [3.63, 3.8) is 0 Å². The van der Waals surface area contributed by atoms with Crippen molar-refractivity contribution in [1.82, 2.24) is 9.88 Å². The molecule has 1 amide bonds. The van der Waals surface area contributed by atoms with Crippen molar-refractivity contribution in [2.75, 3.05) is 13.7 Å². The van der Waals surface area contributed by atoms with E-state index >= 15 is 0 Å². The number of aliphatic hydroxyl groups excluding tert-OH is 1. The van der Waals surface area contributed by atoms with E-state index in [-0.39, 0.29) is 11.3 Å². The molecular weight excluding hydrogens is 406 g/mol. The zero-order chi connectivity index (χ0) is 22.7. The van der Waals surface area contributed by atoms with Gasteiger partial charge in [0.15, 0.2) is 0 Å². The highest BCUT2D eigenvalue weighted by atomic mass is 16.5. The number of aromatic amines is 1. The molecule has 0 bridgehead atoms. The van der Waals surface area contributed by atoms with Crippen molar-refractivity contribution in [1.29, 1.82) is 0 Å². The van der Waals surface area contributed by atoms with Gasteiger partial charge in [0.2, 0.25) is 6.33 Å². The van der Waals surface area contributed by atoms with E-state index in [4.69, 9.17) is 4.74 Å². The lowest BCUT2D eigenvalue weighted by atomic mass is 9.95. The molecule has 3 aromatic rings. The van der Waals surface area contributed by atoms with E-state index in [1.54, 1.807) is 36.3 Å². The standard InChI is InChI=1S/C25H25N3O4/c1-17-4-6-19(7-5-17)23(29)21-22(18-8-10-20(32-2)11-9-18)28(25(31)24(21)30)14-3-13-27-15-12-26-16-27/h4-12,15-16,22H,3,13-14H2,1-2H3,(H,29,30)/p+1. The molecule has 0 spiro atoms. The predicted molar refractivity (Wildman–Crippen MR) is 119 cm³/mol. The number of amides is 1. The summed E-state index contributed by atoms with van der Waals surface area (Å²) < 4.78 is 7.22. The second-order valence-electron chi connectivity index (χ2n) is 7.83. The fraction of sp³-hybridized carbons (Fsp3) is 0.240. The number of hydrogen-bond acceptors (Lipinski definition) is 4. The Morgan fingerprint density at radius 2 is 1.84 bits per heavy atom. The van der Waals surface area contributed by atoms with Crippen LogP contribution in [0.15, 0.2) is 72.8 Å². The number of methoxy groups -OCH3 is 1. The maximum absolute atomic E-state index is 13.1. The maximum Gasteiger partial charge on any atom is 0.295 e. The van der Waals surface area contributed by atoms with Gasteiger partial charge in [-0.1, -0.05) is 42.0 Å². The molecule has 2 N–H and O–H groups in total. The van der Waals surface area contributed by atoms with Gasteiger partial charge in [-0.15, -0.1) is 0 Å². The molecule has 7 nitrogen and oxygen atoms in total. The van der Waals surface area contributed by atoms with Gasteiger partial charge < -0.3 is 14.7 Å². The van der Waals surface area contributed by atoms with E-state index in [0.717, 1.165) is 11.1 Å². The van der Waals surface area contributed by atoms with Crippen molar-refractivity contribution in [2.24, 2.45) is 0 Å². The van der Waals surface area contributed by atoms with Crippen LogP contribution in [0.4, 0.5) is 0 Å². The first-order valence-corrected chi connectivity index (χ1v) is 10.5. The molecule has 164 valence electrons. The van der Waals surface area contributed by atoms with Crippen LogP contribution in [0.1, 0.15) is 29.2 Å². The molecule has 0 aliphatic carbocycles. The van der Waals surface area contributed by atoms with Crippen LogP contribution in [-0.2, 0) is 16.1 Å². The number of carbonyl (C=O) groups is 2. The number of ether oxygens (including phenoxy) is 1. The van der Waals surface area contributed by atoms with Crippen LogP contribution in [0.2, 0.25) is 0 Å². The van der Waals surface area contributed by atoms with Crippen LogP contribution in [-0.4, -0.2) is 40.3 Å². The van der Waals surface area contributed by atoms with E-state index in [2.05, 4.69) is 4.98 Å². The van der Waals surface area contributed by atoms with Gasteiger partial charge in [-0.3, -0.25) is 14.6 Å². The van der Waals surface area contributed by atoms with Crippen LogP contribution < -0.4 is 9.30 Å². The zero-order valence-corrected chi connectivity index (χ0v) is 18.1. The van der Waals surface area contributed by atoms with Crippen molar-refractivity contribution >= 4 is 17.4 Å². The summed E-state index contributed by atoms with van der Waals surface area (Å²) in [4.78, 5) is 30.6. The number of aliphatic hydroxyl groups is 1. The number of H-pyrrole nitrogens is 1. The van der Waals surface area contributed by atoms with E-state index in [0.29, 0.717) is 30.8 Å². The fourth-order valence-corrected chi connectivity index (χ4v) is 3.99. The lowest BCUT2D eigenvalue weighted by molar-refractivity contribution is -0.695. The van der Waals surface area contributed by atoms with Gasteiger partial charge in [-0.05, 0) is 24.6 Å². The summed E-state index contributed by atoms with van der Waals surface area (Å²) in [7, 11) is 1.58. The molecule has 1 aliphatic heterocycles. The number of Topliss-reactive ketones (excluding diaryl/α,β-unsaturated/α-hetero) is 1. The summed E-state index contributed by atoms with van der Waals surface area (Å²) >= 11 is 0. The third kappa shape index (κ3) is 4.14. The fourth-order valence-electron chi connectivity index (χ4n) is 3.99. The van der Waals surface area contributed by atoms with Crippen molar-refractivity contribution < 1.29 is 24.0 Å². The van der Waals surface area contributed by atoms with Crippen LogP contribution in [0.3, 0.4) is 0 Å². The molecule has 7 heteroatoms. The second-order valence-corrected chi connectivity index (χ2v) is 7.83. The molecule has 0 saturated carbocycles. The minimum atomic E-state index is -0.668. The number of carbonyl (C=O) groups excluding carboxylic acids is 2. The first-order valence-electron chi connectivity index (χ1n) is 10.5. The SMILES string of the molecule is COc1ccc(C2/C(=C(\O)c3ccc(C)cc3)C(=O)C(=O)N2CCC[n+]2cc[nH]c2)cc1. The number of likely N-dealkylation sites (tertiary alicyclic amines) is 1. The number of hydrogen-bond donors (Lipinski definition) is 2. The van der Waals surface area contributed by atoms with Gasteiger partial charge in [0, 0.05) is 18.5 Å². The second kappa shape index (κ2) is 9.09. The van der Waals surface area contributed by atoms with E-state index < -0.39 is 17.7 Å². The number of rotatable bonds is 7. The number of ketones is 1. The molecule has 32 heavy (non-hydrogen) atoms. The summed E-state index contributed by atoms with van der Waals surface area (Å²) in [5, 5.41) is 11.1. The Balaban J connectivity index is 1.72. The lowest BCUT2D eigenvalue weighted by Gasteiger charge is -2.25. The zero-order valence-electron chi connectivity index (χ0n) is 18.1. The van der Waals surface area contributed by atoms with Crippen LogP contribution in [0.5, 0.6) is 5.75 Å². The Kier molecular flexibility index (Phi) is 6.07. The Hall–Kier alpha value is -3.87. The first-order chi connectivity index (χ1) is 15.5. The molecule has 0 radical (unpaired) electrons. The first kappa shape index (κ1) is 21.4. The van der Waals surface area contributed by atoms with Crippen LogP contribution >= 0.6 is 0 Å². The highest BCUT2D eigenvalue weighted by Gasteiger charge is 2.45. The van der Waals surface area contributed by atoms with Crippen molar-refractivity contribution in [2.45, 2.75) is 25.9 Å². The topological polar surface area (TPSA) is 86.5 Å². The van der Waals surface area contributed by atoms with E-state index in [9.17, 15) is 14.7 Å². The molecule has 1 unspecified atom stereocenters. The van der Waals surface area contributed by atoms with Gasteiger partial charge in [0.05, 0.1) is 25.3 Å². The maximum atomic E-state index is 13.1. The lowest BCUT2D eigenvalue weighted by Crippen LogP contribution is -2.36. The normalized spacial score (nSPS) is 17.7. The number of benzene rings is 2. The summed E-state index contributed by atoms with van der Waals surface area (Å²) in [5.74, 6) is -0.753. The monoisotopic (exact) mass is 432 g/mol. The Bertz CT molecular complexity index is 1130. The Labute approximate surface area is 186 Å². The highest BCUT2D eigenvalue weighted by Crippen LogP contribution is 2.39. The largest absolute Gasteiger partial charge is 0.507 e. The van der Waals surface area contributed by atoms with Crippen molar-refractivity contribution in [3.05, 3.63) is 89.5 Å². The molecule has 2 aromatic carbocycles. The number of nitrogens with zero attached hydrogens (tertiary/aromatic N) is 2. The number of aromatic nitrogens is 2. The molecule has 2 heterocycles. The molecule has 1 fully saturated rings. The number of aryl methyl sites for hydroxylation is 2. The minimum absolute atomic E-state index is 0.110. The van der Waals surface area contributed by atoms with Gasteiger partial charge in [-0.2, -0.15) is 0 Å². The molecule has 1 saturated heterocycles. The average Bonchev–Trinajstić information content (AvgIpc) is 3.41. The van der Waals surface area contributed by atoms with Crippen LogP contribution in [0, 0.1) is 6.92 Å². The summed E-state index contributed by atoms with van der Waals surface area (Å²) in [6.07, 6.45) is 6.23. The third-order valence-corrected chi connectivity index (χ3v) is 5.71. The Morgan fingerprint density at radius 3 is 2.47 bits per heavy atom. The molecule has 1 aromatic heterocycles. The molecule has 4 rings (SSSR count). The highest BCUT2D eigenvalue weighted by molar-refractivity contribution is 6.46. The third-order valence-electron chi connectivity index (χ3n) is 5.71. The van der Waals surface area contributed by atoms with E-state index in [1.807, 2.05) is 54.5 Å². The average molecular weight is 433 g/mol.